The summed E-state index contributed by atoms with van der Waals surface area (Å²) in [4.78, 5) is 4.68. The summed E-state index contributed by atoms with van der Waals surface area (Å²) in [7, 11) is 0. The van der Waals surface area contributed by atoms with Crippen molar-refractivity contribution in [1.82, 2.24) is 10.6 Å². The second-order valence-corrected chi connectivity index (χ2v) is 5.69. The minimum absolute atomic E-state index is 0.532. The van der Waals surface area contributed by atoms with Gasteiger partial charge in [-0.1, -0.05) is 42.5 Å². The molecular weight excluding hydrogens is 326 g/mol. The second-order valence-electron chi connectivity index (χ2n) is 5.69. The van der Waals surface area contributed by atoms with Gasteiger partial charge in [-0.2, -0.15) is 0 Å². The molecule has 0 amide bonds. The van der Waals surface area contributed by atoms with Crippen LogP contribution < -0.4 is 15.4 Å². The quantitative estimate of drug-likeness (QED) is 0.390. The van der Waals surface area contributed by atoms with Crippen LogP contribution in [0.1, 0.15) is 25.0 Å². The molecule has 26 heavy (non-hydrogen) atoms. The van der Waals surface area contributed by atoms with Crippen LogP contribution in [-0.2, 0) is 17.9 Å². The molecule has 0 fully saturated rings. The third-order valence-corrected chi connectivity index (χ3v) is 3.75. The van der Waals surface area contributed by atoms with Gasteiger partial charge in [-0.15, -0.1) is 0 Å². The molecule has 5 heteroatoms. The summed E-state index contributed by atoms with van der Waals surface area (Å²) in [6.45, 7) is 8.13. The van der Waals surface area contributed by atoms with E-state index in [-0.39, 0.29) is 0 Å². The molecule has 0 atom stereocenters. The molecule has 0 aliphatic rings. The van der Waals surface area contributed by atoms with E-state index in [0.29, 0.717) is 19.8 Å². The molecule has 2 N–H and O–H groups in total. The van der Waals surface area contributed by atoms with Crippen LogP contribution in [0.2, 0.25) is 0 Å². The number of hydrogen-bond donors (Lipinski definition) is 2. The zero-order valence-electron chi connectivity index (χ0n) is 15.7. The Morgan fingerprint density at radius 2 is 1.65 bits per heavy atom. The Hall–Kier alpha value is -2.53. The minimum atomic E-state index is 0.532. The molecule has 0 unspecified atom stereocenters. The van der Waals surface area contributed by atoms with Gasteiger partial charge in [-0.25, -0.2) is 4.99 Å². The fourth-order valence-corrected chi connectivity index (χ4v) is 2.42. The van der Waals surface area contributed by atoms with E-state index in [9.17, 15) is 0 Å². The highest BCUT2D eigenvalue weighted by molar-refractivity contribution is 5.79. The first-order valence-corrected chi connectivity index (χ1v) is 9.18. The van der Waals surface area contributed by atoms with Crippen LogP contribution in [-0.4, -0.2) is 32.3 Å². The van der Waals surface area contributed by atoms with Gasteiger partial charge in [0.2, 0.25) is 0 Å². The Morgan fingerprint density at radius 3 is 2.38 bits per heavy atom. The maximum absolute atomic E-state index is 5.88. The summed E-state index contributed by atoms with van der Waals surface area (Å²) in [5.41, 5.74) is 2.30. The Kier molecular flexibility index (Phi) is 9.08. The fourth-order valence-electron chi connectivity index (χ4n) is 2.42. The van der Waals surface area contributed by atoms with Crippen molar-refractivity contribution in [2.24, 2.45) is 4.99 Å². The van der Waals surface area contributed by atoms with Crippen molar-refractivity contribution >= 4 is 5.96 Å². The number of ether oxygens (including phenoxy) is 2. The summed E-state index contributed by atoms with van der Waals surface area (Å²) < 4.78 is 11.2. The molecule has 2 rings (SSSR count). The highest BCUT2D eigenvalue weighted by atomic mass is 16.5. The van der Waals surface area contributed by atoms with Gasteiger partial charge in [-0.05, 0) is 37.1 Å². The summed E-state index contributed by atoms with van der Waals surface area (Å²) in [5.74, 6) is 1.67. The van der Waals surface area contributed by atoms with Gasteiger partial charge in [0.05, 0.1) is 13.2 Å². The number of nitrogens with one attached hydrogen (secondary N) is 2. The van der Waals surface area contributed by atoms with Gasteiger partial charge in [0.1, 0.15) is 12.4 Å². The lowest BCUT2D eigenvalue weighted by molar-refractivity contribution is 0.152. The predicted molar refractivity (Wildman–Crippen MR) is 107 cm³/mol. The first-order valence-electron chi connectivity index (χ1n) is 9.18. The topological polar surface area (TPSA) is 54.9 Å². The van der Waals surface area contributed by atoms with Crippen molar-refractivity contribution in [1.29, 1.82) is 0 Å². The van der Waals surface area contributed by atoms with Crippen molar-refractivity contribution in [3.05, 3.63) is 65.7 Å². The van der Waals surface area contributed by atoms with Crippen molar-refractivity contribution < 1.29 is 9.47 Å². The maximum Gasteiger partial charge on any atom is 0.191 e. The van der Waals surface area contributed by atoms with E-state index in [2.05, 4.69) is 34.7 Å². The van der Waals surface area contributed by atoms with E-state index in [1.54, 1.807) is 0 Å². The lowest BCUT2D eigenvalue weighted by Crippen LogP contribution is -2.39. The predicted octanol–water partition coefficient (Wildman–Crippen LogP) is 3.36. The normalized spacial score (nSPS) is 11.2. The molecule has 0 aliphatic heterocycles. The molecule has 0 radical (unpaired) electrons. The number of rotatable bonds is 10. The zero-order chi connectivity index (χ0) is 18.5. The number of aliphatic imine (C=N–C) groups is 1. The molecule has 0 saturated heterocycles. The maximum atomic E-state index is 5.88. The third kappa shape index (κ3) is 7.15. The van der Waals surface area contributed by atoms with Gasteiger partial charge < -0.3 is 20.1 Å². The summed E-state index contributed by atoms with van der Waals surface area (Å²) in [5, 5.41) is 6.54. The number of hydrogen-bond acceptors (Lipinski definition) is 3. The molecule has 0 spiro atoms. The van der Waals surface area contributed by atoms with Gasteiger partial charge >= 0.3 is 0 Å². The summed E-state index contributed by atoms with van der Waals surface area (Å²) in [6, 6.07) is 18.1. The Morgan fingerprint density at radius 1 is 0.923 bits per heavy atom. The number of para-hydroxylation sites is 1. The lowest BCUT2D eigenvalue weighted by Gasteiger charge is -2.13. The highest BCUT2D eigenvalue weighted by Gasteiger charge is 2.04. The van der Waals surface area contributed by atoms with Crippen LogP contribution in [0, 0.1) is 0 Å². The fraction of sp³-hybridized carbons (Fsp3) is 0.381. The monoisotopic (exact) mass is 355 g/mol. The van der Waals surface area contributed by atoms with Gasteiger partial charge in [0, 0.05) is 19.7 Å². The molecule has 140 valence electrons. The molecule has 2 aromatic rings. The highest BCUT2D eigenvalue weighted by Crippen LogP contribution is 2.15. The number of guanidine groups is 1. The molecule has 5 nitrogen and oxygen atoms in total. The van der Waals surface area contributed by atoms with E-state index in [1.165, 1.54) is 0 Å². The third-order valence-electron chi connectivity index (χ3n) is 3.75. The molecule has 0 aromatic heterocycles. The van der Waals surface area contributed by atoms with Crippen molar-refractivity contribution in [3.8, 4) is 5.75 Å². The van der Waals surface area contributed by atoms with Crippen LogP contribution in [0.15, 0.2) is 59.6 Å². The first-order chi connectivity index (χ1) is 12.8. The van der Waals surface area contributed by atoms with E-state index < -0.39 is 0 Å². The van der Waals surface area contributed by atoms with E-state index in [4.69, 9.17) is 9.47 Å². The van der Waals surface area contributed by atoms with Crippen LogP contribution >= 0.6 is 0 Å². The smallest absolute Gasteiger partial charge is 0.191 e. The average molecular weight is 355 g/mol. The Balaban J connectivity index is 1.96. The molecule has 0 saturated carbocycles. The van der Waals surface area contributed by atoms with E-state index in [0.717, 1.165) is 42.5 Å². The molecule has 2 aromatic carbocycles. The summed E-state index contributed by atoms with van der Waals surface area (Å²) >= 11 is 0. The number of benzene rings is 2. The average Bonchev–Trinajstić information content (AvgIpc) is 2.69. The standard InChI is InChI=1S/C21H29N3O2/c1-3-22-21(23-14-15-25-4-2)24-16-18-10-8-9-11-19(18)17-26-20-12-6-5-7-13-20/h5-13H,3-4,14-17H2,1-2H3,(H2,22,23,24). The molecule has 0 aliphatic carbocycles. The van der Waals surface area contributed by atoms with Gasteiger partial charge in [0.15, 0.2) is 5.96 Å². The van der Waals surface area contributed by atoms with Crippen molar-refractivity contribution in [3.63, 3.8) is 0 Å². The van der Waals surface area contributed by atoms with E-state index in [1.807, 2.05) is 49.4 Å². The van der Waals surface area contributed by atoms with Crippen LogP contribution in [0.25, 0.3) is 0 Å². The van der Waals surface area contributed by atoms with Gasteiger partial charge in [0.25, 0.3) is 0 Å². The van der Waals surface area contributed by atoms with Gasteiger partial charge in [-0.3, -0.25) is 0 Å². The summed E-state index contributed by atoms with van der Waals surface area (Å²) in [6.07, 6.45) is 0. The second kappa shape index (κ2) is 11.9. The minimum Gasteiger partial charge on any atom is -0.489 e. The SMILES string of the molecule is CCNC(=NCc1ccccc1COc1ccccc1)NCCOCC. The first kappa shape index (κ1) is 19.8. The molecular formula is C21H29N3O2. The molecule has 0 bridgehead atoms. The zero-order valence-corrected chi connectivity index (χ0v) is 15.7. The largest absolute Gasteiger partial charge is 0.489 e. The van der Waals surface area contributed by atoms with Crippen molar-refractivity contribution in [2.45, 2.75) is 27.0 Å². The van der Waals surface area contributed by atoms with Crippen molar-refractivity contribution in [2.75, 3.05) is 26.3 Å². The number of nitrogens with zero attached hydrogens (tertiary/aromatic N) is 1. The van der Waals surface area contributed by atoms with Crippen LogP contribution in [0.3, 0.4) is 0 Å². The van der Waals surface area contributed by atoms with Crippen LogP contribution in [0.4, 0.5) is 0 Å². The van der Waals surface area contributed by atoms with Crippen LogP contribution in [0.5, 0.6) is 5.75 Å². The Labute approximate surface area is 156 Å². The van der Waals surface area contributed by atoms with E-state index >= 15 is 0 Å². The lowest BCUT2D eigenvalue weighted by atomic mass is 10.1. The Bertz CT molecular complexity index is 659. The molecule has 0 heterocycles.